The van der Waals surface area contributed by atoms with Gasteiger partial charge in [-0.2, -0.15) is 0 Å². The van der Waals surface area contributed by atoms with Crippen LogP contribution >= 0.6 is 0 Å². The SMILES string of the molecule is CN1C(=O)CCCC12CCCN(Cc1ccc(F)cc1)C2. The number of amides is 1. The zero-order chi connectivity index (χ0) is 14.9. The molecule has 2 saturated heterocycles. The average molecular weight is 290 g/mol. The van der Waals surface area contributed by atoms with Gasteiger partial charge in [0.1, 0.15) is 5.82 Å². The van der Waals surface area contributed by atoms with Crippen molar-refractivity contribution >= 4 is 5.91 Å². The number of likely N-dealkylation sites (tertiary alicyclic amines) is 2. The summed E-state index contributed by atoms with van der Waals surface area (Å²) < 4.78 is 13.0. The standard InChI is InChI=1S/C17H23FN2O/c1-19-16(21)4-2-9-17(19)10-3-11-20(13-17)12-14-5-7-15(18)8-6-14/h5-8H,2-4,9-13H2,1H3. The molecule has 1 spiro atoms. The van der Waals surface area contributed by atoms with Crippen molar-refractivity contribution in [2.45, 2.75) is 44.2 Å². The molecule has 1 amide bonds. The molecule has 0 saturated carbocycles. The quantitative estimate of drug-likeness (QED) is 0.836. The van der Waals surface area contributed by atoms with E-state index in [1.165, 1.54) is 12.1 Å². The fourth-order valence-electron chi connectivity index (χ4n) is 3.84. The fourth-order valence-corrected chi connectivity index (χ4v) is 3.84. The summed E-state index contributed by atoms with van der Waals surface area (Å²) in [6.07, 6.45) is 5.03. The van der Waals surface area contributed by atoms with Crippen molar-refractivity contribution in [2.75, 3.05) is 20.1 Å². The highest BCUT2D eigenvalue weighted by Crippen LogP contribution is 2.36. The van der Waals surface area contributed by atoms with Gasteiger partial charge in [0, 0.05) is 26.6 Å². The van der Waals surface area contributed by atoms with Gasteiger partial charge in [-0.15, -0.1) is 0 Å². The molecule has 1 unspecified atom stereocenters. The molecule has 2 aliphatic heterocycles. The van der Waals surface area contributed by atoms with Gasteiger partial charge in [0.2, 0.25) is 5.91 Å². The van der Waals surface area contributed by atoms with Crippen LogP contribution in [0.3, 0.4) is 0 Å². The molecule has 4 heteroatoms. The van der Waals surface area contributed by atoms with Gasteiger partial charge in [0.05, 0.1) is 5.54 Å². The number of likely N-dealkylation sites (N-methyl/N-ethyl adjacent to an activating group) is 1. The maximum absolute atomic E-state index is 13.0. The third kappa shape index (κ3) is 2.95. The van der Waals surface area contributed by atoms with Crippen LogP contribution in [0.1, 0.15) is 37.7 Å². The summed E-state index contributed by atoms with van der Waals surface area (Å²) in [4.78, 5) is 16.4. The topological polar surface area (TPSA) is 23.6 Å². The van der Waals surface area contributed by atoms with Crippen LogP contribution in [0.4, 0.5) is 4.39 Å². The molecule has 21 heavy (non-hydrogen) atoms. The maximum atomic E-state index is 13.0. The molecule has 3 rings (SSSR count). The van der Waals surface area contributed by atoms with Crippen LogP contribution in [0.2, 0.25) is 0 Å². The predicted molar refractivity (Wildman–Crippen MR) is 80.3 cm³/mol. The largest absolute Gasteiger partial charge is 0.339 e. The third-order valence-corrected chi connectivity index (χ3v) is 5.07. The second kappa shape index (κ2) is 5.76. The van der Waals surface area contributed by atoms with Crippen molar-refractivity contribution < 1.29 is 9.18 Å². The van der Waals surface area contributed by atoms with E-state index < -0.39 is 0 Å². The number of benzene rings is 1. The average Bonchev–Trinajstić information content (AvgIpc) is 2.48. The van der Waals surface area contributed by atoms with Gasteiger partial charge in [-0.3, -0.25) is 9.69 Å². The zero-order valence-corrected chi connectivity index (χ0v) is 12.6. The predicted octanol–water partition coefficient (Wildman–Crippen LogP) is 2.80. The number of hydrogen-bond donors (Lipinski definition) is 0. The van der Waals surface area contributed by atoms with E-state index >= 15 is 0 Å². The molecule has 2 fully saturated rings. The second-order valence-corrected chi connectivity index (χ2v) is 6.47. The van der Waals surface area contributed by atoms with Gasteiger partial charge >= 0.3 is 0 Å². The number of rotatable bonds is 2. The van der Waals surface area contributed by atoms with Crippen molar-refractivity contribution in [2.24, 2.45) is 0 Å². The summed E-state index contributed by atoms with van der Waals surface area (Å²) in [7, 11) is 1.96. The molecule has 114 valence electrons. The molecule has 1 aromatic carbocycles. The number of carbonyl (C=O) groups is 1. The molecular weight excluding hydrogens is 267 g/mol. The number of halogens is 1. The van der Waals surface area contributed by atoms with Crippen molar-refractivity contribution in [3.63, 3.8) is 0 Å². The van der Waals surface area contributed by atoms with Crippen LogP contribution in [0.5, 0.6) is 0 Å². The molecule has 3 nitrogen and oxygen atoms in total. The normalized spacial score (nSPS) is 27.3. The lowest BCUT2D eigenvalue weighted by Crippen LogP contribution is -2.60. The van der Waals surface area contributed by atoms with E-state index in [4.69, 9.17) is 0 Å². The van der Waals surface area contributed by atoms with Gasteiger partial charge in [-0.25, -0.2) is 4.39 Å². The molecular formula is C17H23FN2O. The van der Waals surface area contributed by atoms with E-state index in [2.05, 4.69) is 4.90 Å². The Morgan fingerprint density at radius 2 is 1.90 bits per heavy atom. The van der Waals surface area contributed by atoms with Crippen LogP contribution in [0.25, 0.3) is 0 Å². The van der Waals surface area contributed by atoms with Crippen molar-refractivity contribution in [3.8, 4) is 0 Å². The molecule has 0 N–H and O–H groups in total. The zero-order valence-electron chi connectivity index (χ0n) is 12.6. The van der Waals surface area contributed by atoms with Gasteiger partial charge in [-0.05, 0) is 49.9 Å². The molecule has 1 aromatic rings. The monoisotopic (exact) mass is 290 g/mol. The first kappa shape index (κ1) is 14.5. The van der Waals surface area contributed by atoms with Gasteiger partial charge < -0.3 is 4.90 Å². The Morgan fingerprint density at radius 1 is 1.19 bits per heavy atom. The van der Waals surface area contributed by atoms with E-state index in [1.807, 2.05) is 24.1 Å². The van der Waals surface area contributed by atoms with E-state index in [1.54, 1.807) is 0 Å². The maximum Gasteiger partial charge on any atom is 0.222 e. The van der Waals surface area contributed by atoms with E-state index in [0.29, 0.717) is 6.42 Å². The Balaban J connectivity index is 1.70. The molecule has 1 atom stereocenters. The van der Waals surface area contributed by atoms with Crippen molar-refractivity contribution in [3.05, 3.63) is 35.6 Å². The summed E-state index contributed by atoms with van der Waals surface area (Å²) in [5.41, 5.74) is 1.16. The second-order valence-electron chi connectivity index (χ2n) is 6.47. The number of piperidine rings is 2. The fraction of sp³-hybridized carbons (Fsp3) is 0.588. The Labute approximate surface area is 125 Å². The Hall–Kier alpha value is -1.42. The minimum absolute atomic E-state index is 0.0214. The number of carbonyl (C=O) groups excluding carboxylic acids is 1. The lowest BCUT2D eigenvalue weighted by Gasteiger charge is -2.50. The summed E-state index contributed by atoms with van der Waals surface area (Å²) in [5, 5.41) is 0. The van der Waals surface area contributed by atoms with Gasteiger partial charge in [-0.1, -0.05) is 12.1 Å². The van der Waals surface area contributed by atoms with Crippen molar-refractivity contribution in [1.82, 2.24) is 9.80 Å². The van der Waals surface area contributed by atoms with Crippen LogP contribution in [-0.2, 0) is 11.3 Å². The molecule has 0 bridgehead atoms. The van der Waals surface area contributed by atoms with Crippen LogP contribution < -0.4 is 0 Å². The Bertz CT molecular complexity index is 512. The minimum Gasteiger partial charge on any atom is -0.339 e. The van der Waals surface area contributed by atoms with E-state index in [-0.39, 0.29) is 17.3 Å². The summed E-state index contributed by atoms with van der Waals surface area (Å²) >= 11 is 0. The van der Waals surface area contributed by atoms with Crippen LogP contribution in [0, 0.1) is 5.82 Å². The lowest BCUT2D eigenvalue weighted by molar-refractivity contribution is -0.142. The van der Waals surface area contributed by atoms with Gasteiger partial charge in [0.25, 0.3) is 0 Å². The first-order valence-electron chi connectivity index (χ1n) is 7.83. The Kier molecular flexibility index (Phi) is 3.98. The van der Waals surface area contributed by atoms with Gasteiger partial charge in [0.15, 0.2) is 0 Å². The van der Waals surface area contributed by atoms with E-state index in [9.17, 15) is 9.18 Å². The number of nitrogens with zero attached hydrogens (tertiary/aromatic N) is 2. The van der Waals surface area contributed by atoms with Crippen LogP contribution in [-0.4, -0.2) is 41.4 Å². The molecule has 0 aliphatic carbocycles. The van der Waals surface area contributed by atoms with Crippen molar-refractivity contribution in [1.29, 1.82) is 0 Å². The van der Waals surface area contributed by atoms with E-state index in [0.717, 1.165) is 50.9 Å². The lowest BCUT2D eigenvalue weighted by atomic mass is 9.80. The summed E-state index contributed by atoms with van der Waals surface area (Å²) in [5.74, 6) is 0.0938. The molecule has 2 aliphatic rings. The highest BCUT2D eigenvalue weighted by molar-refractivity contribution is 5.77. The first-order chi connectivity index (χ1) is 10.1. The summed E-state index contributed by atoms with van der Waals surface area (Å²) in [6.45, 7) is 2.83. The highest BCUT2D eigenvalue weighted by atomic mass is 19.1. The highest BCUT2D eigenvalue weighted by Gasteiger charge is 2.42. The minimum atomic E-state index is -0.188. The Morgan fingerprint density at radius 3 is 2.67 bits per heavy atom. The molecule has 0 aromatic heterocycles. The van der Waals surface area contributed by atoms with Crippen LogP contribution in [0.15, 0.2) is 24.3 Å². The molecule has 2 heterocycles. The number of hydrogen-bond acceptors (Lipinski definition) is 2. The smallest absolute Gasteiger partial charge is 0.222 e. The molecule has 0 radical (unpaired) electrons. The first-order valence-corrected chi connectivity index (χ1v) is 7.83. The third-order valence-electron chi connectivity index (χ3n) is 5.07. The summed E-state index contributed by atoms with van der Waals surface area (Å²) in [6, 6.07) is 6.75.